The largest absolute Gasteiger partial charge is 0.507 e. The Morgan fingerprint density at radius 2 is 1.41 bits per heavy atom. The number of rotatable bonds is 0. The molecule has 0 spiro atoms. The molecule has 0 amide bonds. The molecule has 3 aromatic rings. The molecule has 3 nitrogen and oxygen atoms in total. The summed E-state index contributed by atoms with van der Waals surface area (Å²) < 4.78 is 0. The highest BCUT2D eigenvalue weighted by Crippen LogP contribution is 2.28. The first-order valence-corrected chi connectivity index (χ1v) is 8.85. The van der Waals surface area contributed by atoms with Crippen molar-refractivity contribution in [3.8, 4) is 5.75 Å². The summed E-state index contributed by atoms with van der Waals surface area (Å²) in [6.07, 6.45) is 1.41. The summed E-state index contributed by atoms with van der Waals surface area (Å²) in [6.45, 7) is 7.54. The summed E-state index contributed by atoms with van der Waals surface area (Å²) in [7, 11) is 0. The van der Waals surface area contributed by atoms with E-state index in [9.17, 15) is 14.7 Å². The molecule has 0 saturated heterocycles. The van der Waals surface area contributed by atoms with Crippen LogP contribution < -0.4 is 0 Å². The smallest absolute Gasteiger partial charge is 0.189 e. The van der Waals surface area contributed by atoms with E-state index in [0.717, 1.165) is 21.9 Å². The molecule has 0 fully saturated rings. The zero-order valence-corrected chi connectivity index (χ0v) is 16.0. The lowest BCUT2D eigenvalue weighted by Crippen LogP contribution is -2.15. The number of benzene rings is 3. The third-order valence-corrected chi connectivity index (χ3v) is 4.74. The second-order valence-electron chi connectivity index (χ2n) is 7.03. The molecule has 0 radical (unpaired) electrons. The topological polar surface area (TPSA) is 54.4 Å². The van der Waals surface area contributed by atoms with Gasteiger partial charge in [-0.05, 0) is 50.8 Å². The third-order valence-electron chi connectivity index (χ3n) is 4.74. The van der Waals surface area contributed by atoms with Gasteiger partial charge < -0.3 is 5.11 Å². The summed E-state index contributed by atoms with van der Waals surface area (Å²) >= 11 is 0. The van der Waals surface area contributed by atoms with Gasteiger partial charge in [0.2, 0.25) is 0 Å². The Kier molecular flexibility index (Phi) is 4.95. The lowest BCUT2D eigenvalue weighted by molar-refractivity contribution is 0.0984. The molecule has 1 N–H and O–H groups in total. The van der Waals surface area contributed by atoms with Crippen LogP contribution in [-0.2, 0) is 0 Å². The zero-order chi connectivity index (χ0) is 19.7. The molecule has 0 heterocycles. The van der Waals surface area contributed by atoms with Crippen LogP contribution in [-0.4, -0.2) is 16.7 Å². The minimum Gasteiger partial charge on any atom is -0.507 e. The fourth-order valence-electron chi connectivity index (χ4n) is 3.15. The molecule has 0 unspecified atom stereocenters. The van der Waals surface area contributed by atoms with Crippen molar-refractivity contribution in [3.05, 3.63) is 88.0 Å². The molecule has 3 heteroatoms. The van der Waals surface area contributed by atoms with Gasteiger partial charge in [-0.15, -0.1) is 0 Å². The third kappa shape index (κ3) is 3.68. The van der Waals surface area contributed by atoms with Gasteiger partial charge in [-0.1, -0.05) is 53.6 Å². The first-order chi connectivity index (χ1) is 12.8. The maximum absolute atomic E-state index is 11.7. The molecular formula is C24H22O3. The standard InChI is InChI=1S/C12H10O2.C12H12O/c1-7-3-4-9-10(5-7)11(13)6-8(2)12(9)14;1-8-3-6-11-10(7-8)5-4-9(2)12(11)13/h3-6H,1-2H3;3-7,13H,1-2H3. The number of hydrogen-bond donors (Lipinski definition) is 1. The van der Waals surface area contributed by atoms with Gasteiger partial charge in [0.1, 0.15) is 5.75 Å². The fourth-order valence-corrected chi connectivity index (χ4v) is 3.15. The predicted octanol–water partition coefficient (Wildman–Crippen LogP) is 5.48. The second kappa shape index (κ2) is 7.20. The van der Waals surface area contributed by atoms with Crippen molar-refractivity contribution in [3.63, 3.8) is 0 Å². The summed E-state index contributed by atoms with van der Waals surface area (Å²) in [4.78, 5) is 23.2. The van der Waals surface area contributed by atoms with Crippen molar-refractivity contribution >= 4 is 22.3 Å². The average molecular weight is 358 g/mol. The molecular weight excluding hydrogens is 336 g/mol. The predicted molar refractivity (Wildman–Crippen MR) is 109 cm³/mol. The van der Waals surface area contributed by atoms with Crippen molar-refractivity contribution in [2.24, 2.45) is 0 Å². The van der Waals surface area contributed by atoms with Crippen LogP contribution in [0.5, 0.6) is 5.75 Å². The molecule has 0 saturated carbocycles. The van der Waals surface area contributed by atoms with E-state index >= 15 is 0 Å². The van der Waals surface area contributed by atoms with Crippen LogP contribution in [0.4, 0.5) is 0 Å². The van der Waals surface area contributed by atoms with E-state index in [1.54, 1.807) is 19.1 Å². The highest BCUT2D eigenvalue weighted by atomic mass is 16.3. The molecule has 3 aromatic carbocycles. The number of aryl methyl sites for hydroxylation is 3. The van der Waals surface area contributed by atoms with Gasteiger partial charge in [0, 0.05) is 22.1 Å². The molecule has 1 aliphatic rings. The van der Waals surface area contributed by atoms with Crippen LogP contribution >= 0.6 is 0 Å². The normalized spacial score (nSPS) is 13.0. The molecule has 0 aromatic heterocycles. The average Bonchev–Trinajstić information content (AvgIpc) is 2.63. The van der Waals surface area contributed by atoms with Crippen LogP contribution in [0.15, 0.2) is 60.2 Å². The summed E-state index contributed by atoms with van der Waals surface area (Å²) in [5.41, 5.74) is 4.72. The first kappa shape index (κ1) is 18.6. The van der Waals surface area contributed by atoms with Crippen molar-refractivity contribution in [1.29, 1.82) is 0 Å². The number of Topliss-reactive ketones (excluding diaryl/α,β-unsaturated/α-hetero) is 1. The van der Waals surface area contributed by atoms with Gasteiger partial charge >= 0.3 is 0 Å². The number of aromatic hydroxyl groups is 1. The van der Waals surface area contributed by atoms with E-state index in [0.29, 0.717) is 22.4 Å². The molecule has 4 rings (SSSR count). The maximum Gasteiger partial charge on any atom is 0.189 e. The molecule has 136 valence electrons. The second-order valence-corrected chi connectivity index (χ2v) is 7.03. The first-order valence-electron chi connectivity index (χ1n) is 8.85. The Morgan fingerprint density at radius 3 is 2.15 bits per heavy atom. The van der Waals surface area contributed by atoms with Crippen molar-refractivity contribution < 1.29 is 14.7 Å². The molecule has 0 bridgehead atoms. The Hall–Kier alpha value is -3.20. The van der Waals surface area contributed by atoms with E-state index in [4.69, 9.17) is 0 Å². The summed E-state index contributed by atoms with van der Waals surface area (Å²) in [5, 5.41) is 11.8. The molecule has 27 heavy (non-hydrogen) atoms. The van der Waals surface area contributed by atoms with E-state index in [1.165, 1.54) is 11.6 Å². The van der Waals surface area contributed by atoms with E-state index in [1.807, 2.05) is 44.2 Å². The van der Waals surface area contributed by atoms with Gasteiger partial charge in [-0.2, -0.15) is 0 Å². The van der Waals surface area contributed by atoms with Gasteiger partial charge in [0.05, 0.1) is 0 Å². The van der Waals surface area contributed by atoms with Crippen LogP contribution in [0, 0.1) is 20.8 Å². The van der Waals surface area contributed by atoms with Crippen LogP contribution in [0.2, 0.25) is 0 Å². The number of carbonyl (C=O) groups is 2. The molecule has 0 aliphatic heterocycles. The maximum atomic E-state index is 11.7. The highest BCUT2D eigenvalue weighted by molar-refractivity contribution is 6.24. The minimum absolute atomic E-state index is 0.0420. The van der Waals surface area contributed by atoms with Crippen LogP contribution in [0.25, 0.3) is 10.8 Å². The van der Waals surface area contributed by atoms with Gasteiger partial charge in [-0.3, -0.25) is 9.59 Å². The minimum atomic E-state index is -0.0687. The van der Waals surface area contributed by atoms with Gasteiger partial charge in [-0.25, -0.2) is 0 Å². The number of carbonyl (C=O) groups excluding carboxylic acids is 2. The SMILES string of the molecule is CC1=CC(=O)c2cc(C)ccc2C1=O.Cc1ccc2c(O)c(C)ccc2c1. The molecule has 1 aliphatic carbocycles. The van der Waals surface area contributed by atoms with Crippen molar-refractivity contribution in [2.75, 3.05) is 0 Å². The number of ketones is 2. The Balaban J connectivity index is 0.000000156. The highest BCUT2D eigenvalue weighted by Gasteiger charge is 2.22. The Labute approximate surface area is 159 Å². The lowest BCUT2D eigenvalue weighted by atomic mass is 9.89. The van der Waals surface area contributed by atoms with Gasteiger partial charge in [0.25, 0.3) is 0 Å². The van der Waals surface area contributed by atoms with Crippen molar-refractivity contribution in [2.45, 2.75) is 27.7 Å². The van der Waals surface area contributed by atoms with Crippen LogP contribution in [0.3, 0.4) is 0 Å². The number of hydrogen-bond acceptors (Lipinski definition) is 3. The van der Waals surface area contributed by atoms with Crippen molar-refractivity contribution in [1.82, 2.24) is 0 Å². The zero-order valence-electron chi connectivity index (χ0n) is 16.0. The van der Waals surface area contributed by atoms with Crippen LogP contribution in [0.1, 0.15) is 44.3 Å². The van der Waals surface area contributed by atoms with Gasteiger partial charge in [0.15, 0.2) is 11.6 Å². The summed E-state index contributed by atoms with van der Waals surface area (Å²) in [6, 6.07) is 15.4. The monoisotopic (exact) mass is 358 g/mol. The number of allylic oxidation sites excluding steroid dienone is 2. The number of fused-ring (bicyclic) bond motifs is 2. The Bertz CT molecular complexity index is 1100. The quantitative estimate of drug-likeness (QED) is 0.579. The van der Waals surface area contributed by atoms with E-state index < -0.39 is 0 Å². The molecule has 0 atom stereocenters. The summed E-state index contributed by atoms with van der Waals surface area (Å²) in [5.74, 6) is 0.290. The Morgan fingerprint density at radius 1 is 0.741 bits per heavy atom. The number of phenolic OH excluding ortho intramolecular Hbond substituents is 1. The lowest BCUT2D eigenvalue weighted by Gasteiger charge is -2.12. The van der Waals surface area contributed by atoms with E-state index in [2.05, 4.69) is 13.0 Å². The number of phenols is 1. The van der Waals surface area contributed by atoms with E-state index in [-0.39, 0.29) is 11.6 Å². The fraction of sp³-hybridized carbons (Fsp3) is 0.167.